The molecule has 1 aromatic heterocycles. The van der Waals surface area contributed by atoms with Crippen LogP contribution in [0.5, 0.6) is 0 Å². The molecule has 2 aromatic rings. The monoisotopic (exact) mass is 277 g/mol. The van der Waals surface area contributed by atoms with Crippen LogP contribution in [0.1, 0.15) is 30.6 Å². The summed E-state index contributed by atoms with van der Waals surface area (Å²) in [7, 11) is 0. The van der Waals surface area contributed by atoms with Gasteiger partial charge in [0, 0.05) is 6.61 Å². The van der Waals surface area contributed by atoms with Crippen LogP contribution in [0.25, 0.3) is 11.0 Å². The Morgan fingerprint density at radius 2 is 2.20 bits per heavy atom. The molecule has 0 saturated carbocycles. The quantitative estimate of drug-likeness (QED) is 0.785. The first-order valence-corrected chi connectivity index (χ1v) is 6.72. The maximum atomic E-state index is 10.9. The molecule has 6 nitrogen and oxygen atoms in total. The predicted octanol–water partition coefficient (Wildman–Crippen LogP) is 2.19. The first-order chi connectivity index (χ1) is 9.58. The minimum atomic E-state index is -0.960. The number of rotatable bonds is 7. The van der Waals surface area contributed by atoms with E-state index in [1.807, 2.05) is 0 Å². The van der Waals surface area contributed by atoms with Crippen LogP contribution in [0.15, 0.2) is 18.2 Å². The average Bonchev–Trinajstić information content (AvgIpc) is 2.80. The van der Waals surface area contributed by atoms with E-state index in [2.05, 4.69) is 24.2 Å². The van der Waals surface area contributed by atoms with Crippen molar-refractivity contribution in [3.63, 3.8) is 0 Å². The third-order valence-corrected chi connectivity index (χ3v) is 3.05. The molecule has 0 aliphatic heterocycles. The third-order valence-electron chi connectivity index (χ3n) is 3.05. The average molecular weight is 277 g/mol. The lowest BCUT2D eigenvalue weighted by Gasteiger charge is -2.06. The second-order valence-corrected chi connectivity index (χ2v) is 5.12. The molecule has 0 amide bonds. The first kappa shape index (κ1) is 14.5. The number of aromatic carboxylic acids is 1. The molecule has 0 spiro atoms. The minimum absolute atomic E-state index is 0.220. The normalized spacial score (nSPS) is 11.3. The van der Waals surface area contributed by atoms with Crippen molar-refractivity contribution in [3.05, 3.63) is 23.8 Å². The summed E-state index contributed by atoms with van der Waals surface area (Å²) in [6.07, 6.45) is 1.04. The number of hydrogen-bond donors (Lipinski definition) is 1. The predicted molar refractivity (Wildman–Crippen MR) is 74.8 cm³/mol. The zero-order valence-corrected chi connectivity index (χ0v) is 11.7. The van der Waals surface area contributed by atoms with E-state index in [1.54, 1.807) is 16.8 Å². The minimum Gasteiger partial charge on any atom is -0.478 e. The van der Waals surface area contributed by atoms with Gasteiger partial charge in [-0.05, 0) is 30.5 Å². The number of fused-ring (bicyclic) bond motifs is 1. The number of hydrogen-bond acceptors (Lipinski definition) is 4. The Bertz CT molecular complexity index is 592. The van der Waals surface area contributed by atoms with Crippen LogP contribution in [0.3, 0.4) is 0 Å². The molecule has 0 radical (unpaired) electrons. The molecule has 1 N–H and O–H groups in total. The maximum Gasteiger partial charge on any atom is 0.335 e. The highest BCUT2D eigenvalue weighted by atomic mass is 16.5. The van der Waals surface area contributed by atoms with Gasteiger partial charge in [-0.15, -0.1) is 5.10 Å². The number of aromatic nitrogens is 3. The summed E-state index contributed by atoms with van der Waals surface area (Å²) in [6.45, 7) is 6.25. The van der Waals surface area contributed by atoms with Crippen LogP contribution in [0.2, 0.25) is 0 Å². The standard InChI is InChI=1S/C14H19N3O3/c1-10(2)5-7-20-8-6-17-13-4-3-11(14(18)19)9-12(13)15-16-17/h3-4,9-10H,5-8H2,1-2H3,(H,18,19). The van der Waals surface area contributed by atoms with Crippen molar-refractivity contribution in [1.82, 2.24) is 15.0 Å². The second-order valence-electron chi connectivity index (χ2n) is 5.12. The Kier molecular flexibility index (Phi) is 4.68. The molecule has 0 aliphatic carbocycles. The zero-order valence-electron chi connectivity index (χ0n) is 11.7. The largest absolute Gasteiger partial charge is 0.478 e. The third kappa shape index (κ3) is 3.54. The highest BCUT2D eigenvalue weighted by Gasteiger charge is 2.08. The number of carboxylic acids is 1. The van der Waals surface area contributed by atoms with Crippen molar-refractivity contribution in [2.24, 2.45) is 5.92 Å². The van der Waals surface area contributed by atoms with Gasteiger partial charge in [-0.3, -0.25) is 0 Å². The van der Waals surface area contributed by atoms with Gasteiger partial charge in [0.1, 0.15) is 5.52 Å². The van der Waals surface area contributed by atoms with Gasteiger partial charge in [-0.2, -0.15) is 0 Å². The van der Waals surface area contributed by atoms with Gasteiger partial charge in [0.2, 0.25) is 0 Å². The summed E-state index contributed by atoms with van der Waals surface area (Å²) < 4.78 is 7.28. The van der Waals surface area contributed by atoms with Crippen molar-refractivity contribution in [2.45, 2.75) is 26.8 Å². The van der Waals surface area contributed by atoms with Crippen LogP contribution in [0, 0.1) is 5.92 Å². The second kappa shape index (κ2) is 6.47. The molecule has 0 aliphatic rings. The SMILES string of the molecule is CC(C)CCOCCn1nnc2cc(C(=O)O)ccc21. The van der Waals surface area contributed by atoms with Crippen LogP contribution < -0.4 is 0 Å². The molecule has 20 heavy (non-hydrogen) atoms. The molecule has 1 aromatic carbocycles. The van der Waals surface area contributed by atoms with Crippen LogP contribution in [-0.2, 0) is 11.3 Å². The van der Waals surface area contributed by atoms with E-state index in [0.717, 1.165) is 18.5 Å². The fraction of sp³-hybridized carbons (Fsp3) is 0.500. The smallest absolute Gasteiger partial charge is 0.335 e. The molecule has 0 saturated heterocycles. The number of nitrogens with zero attached hydrogens (tertiary/aromatic N) is 3. The van der Waals surface area contributed by atoms with Crippen molar-refractivity contribution in [2.75, 3.05) is 13.2 Å². The maximum absolute atomic E-state index is 10.9. The molecule has 0 unspecified atom stereocenters. The van der Waals surface area contributed by atoms with Crippen molar-refractivity contribution in [1.29, 1.82) is 0 Å². The Morgan fingerprint density at radius 1 is 1.40 bits per heavy atom. The van der Waals surface area contributed by atoms with Crippen LogP contribution in [0.4, 0.5) is 0 Å². The lowest BCUT2D eigenvalue weighted by Crippen LogP contribution is -2.09. The van der Waals surface area contributed by atoms with Gasteiger partial charge in [-0.1, -0.05) is 19.1 Å². The molecule has 0 bridgehead atoms. The Balaban J connectivity index is 1.96. The lowest BCUT2D eigenvalue weighted by atomic mass is 10.1. The van der Waals surface area contributed by atoms with E-state index in [0.29, 0.717) is 24.6 Å². The summed E-state index contributed by atoms with van der Waals surface area (Å²) in [4.78, 5) is 10.9. The van der Waals surface area contributed by atoms with E-state index in [4.69, 9.17) is 9.84 Å². The Labute approximate surface area is 117 Å². The van der Waals surface area contributed by atoms with E-state index >= 15 is 0 Å². The zero-order chi connectivity index (χ0) is 14.5. The number of benzene rings is 1. The molecule has 0 fully saturated rings. The molecule has 108 valence electrons. The topological polar surface area (TPSA) is 77.2 Å². The molecular weight excluding hydrogens is 258 g/mol. The molecule has 0 atom stereocenters. The first-order valence-electron chi connectivity index (χ1n) is 6.72. The summed E-state index contributed by atoms with van der Waals surface area (Å²) in [5.74, 6) is -0.324. The fourth-order valence-electron chi connectivity index (χ4n) is 1.84. The summed E-state index contributed by atoms with van der Waals surface area (Å²) in [5.41, 5.74) is 1.63. The Hall–Kier alpha value is -1.95. The van der Waals surface area contributed by atoms with Gasteiger partial charge < -0.3 is 9.84 Å². The molecular formula is C14H19N3O3. The number of carboxylic acid groups (broad SMARTS) is 1. The van der Waals surface area contributed by atoms with Gasteiger partial charge in [0.15, 0.2) is 0 Å². The lowest BCUT2D eigenvalue weighted by molar-refractivity contribution is 0.0697. The van der Waals surface area contributed by atoms with E-state index in [-0.39, 0.29) is 5.56 Å². The fourth-order valence-corrected chi connectivity index (χ4v) is 1.84. The van der Waals surface area contributed by atoms with Crippen molar-refractivity contribution in [3.8, 4) is 0 Å². The van der Waals surface area contributed by atoms with Gasteiger partial charge in [0.25, 0.3) is 0 Å². The summed E-state index contributed by atoms with van der Waals surface area (Å²) in [5, 5.41) is 16.9. The number of ether oxygens (including phenoxy) is 1. The highest BCUT2D eigenvalue weighted by molar-refractivity contribution is 5.92. The summed E-state index contributed by atoms with van der Waals surface area (Å²) >= 11 is 0. The van der Waals surface area contributed by atoms with Crippen LogP contribution >= 0.6 is 0 Å². The van der Waals surface area contributed by atoms with E-state index < -0.39 is 5.97 Å². The molecule has 2 rings (SSSR count). The van der Waals surface area contributed by atoms with Crippen molar-refractivity contribution >= 4 is 17.0 Å². The van der Waals surface area contributed by atoms with Gasteiger partial charge in [-0.25, -0.2) is 9.48 Å². The van der Waals surface area contributed by atoms with Gasteiger partial charge >= 0.3 is 5.97 Å². The van der Waals surface area contributed by atoms with Gasteiger partial charge in [0.05, 0.1) is 24.2 Å². The number of carbonyl (C=O) groups is 1. The molecule has 1 heterocycles. The van der Waals surface area contributed by atoms with Crippen molar-refractivity contribution < 1.29 is 14.6 Å². The Morgan fingerprint density at radius 3 is 2.90 bits per heavy atom. The highest BCUT2D eigenvalue weighted by Crippen LogP contribution is 2.13. The van der Waals surface area contributed by atoms with Crippen LogP contribution in [-0.4, -0.2) is 39.3 Å². The summed E-state index contributed by atoms with van der Waals surface area (Å²) in [6, 6.07) is 4.82. The van der Waals surface area contributed by atoms with E-state index in [9.17, 15) is 4.79 Å². The van der Waals surface area contributed by atoms with E-state index in [1.165, 1.54) is 6.07 Å². The molecule has 6 heteroatoms.